The molecule has 0 spiro atoms. The van der Waals surface area contributed by atoms with Crippen molar-refractivity contribution < 1.29 is 14.4 Å². The Bertz CT molecular complexity index is 470. The lowest BCUT2D eigenvalue weighted by Gasteiger charge is -2.26. The molecule has 3 amide bonds. The summed E-state index contributed by atoms with van der Waals surface area (Å²) in [5.41, 5.74) is 5.51. The molecule has 6 N–H and O–H groups in total. The van der Waals surface area contributed by atoms with Gasteiger partial charge in [0.05, 0.1) is 6.04 Å². The predicted octanol–water partition coefficient (Wildman–Crippen LogP) is 2.17. The standard InChI is InChI=1S/C19H39N5O3.2C2H6/c1-12(2)11-15(24-19(27)16(21-5)13(3)4)18(26)23-14(17(25)22-6)9-7-8-10-20;2*1-2/h12-16,21H,7-11,20H2,1-6H3,(H,22,25)(H,23,26)(H,24,27);2*1-2H3/t14?,15-,16?;;/m0../s1. The fraction of sp³-hybridized carbons (Fsp3) is 0.870. The molecule has 0 heterocycles. The molecular weight excluding hydrogens is 394 g/mol. The molecule has 8 heteroatoms. The van der Waals surface area contributed by atoms with Gasteiger partial charge in [0.2, 0.25) is 17.7 Å². The Morgan fingerprint density at radius 2 is 1.29 bits per heavy atom. The highest BCUT2D eigenvalue weighted by Gasteiger charge is 2.29. The van der Waals surface area contributed by atoms with Gasteiger partial charge in [-0.1, -0.05) is 55.4 Å². The number of rotatable bonds is 13. The summed E-state index contributed by atoms with van der Waals surface area (Å²) in [5.74, 6) is -0.494. The van der Waals surface area contributed by atoms with Crippen LogP contribution in [0, 0.1) is 11.8 Å². The molecule has 0 saturated carbocycles. The molecule has 0 aromatic heterocycles. The minimum atomic E-state index is -0.686. The van der Waals surface area contributed by atoms with E-state index in [0.29, 0.717) is 19.4 Å². The number of hydrogen-bond acceptors (Lipinski definition) is 5. The Balaban J connectivity index is -0.00000184. The van der Waals surface area contributed by atoms with Crippen molar-refractivity contribution in [3.05, 3.63) is 0 Å². The van der Waals surface area contributed by atoms with Gasteiger partial charge in [-0.2, -0.15) is 0 Å². The van der Waals surface area contributed by atoms with E-state index in [-0.39, 0.29) is 35.6 Å². The highest BCUT2D eigenvalue weighted by molar-refractivity contribution is 5.93. The Morgan fingerprint density at radius 1 is 0.774 bits per heavy atom. The van der Waals surface area contributed by atoms with Gasteiger partial charge in [0.15, 0.2) is 0 Å². The quantitative estimate of drug-likeness (QED) is 0.278. The molecule has 0 aliphatic carbocycles. The van der Waals surface area contributed by atoms with E-state index in [0.717, 1.165) is 12.8 Å². The van der Waals surface area contributed by atoms with E-state index >= 15 is 0 Å². The summed E-state index contributed by atoms with van der Waals surface area (Å²) in [4.78, 5) is 37.5. The average Bonchev–Trinajstić information content (AvgIpc) is 2.74. The van der Waals surface area contributed by atoms with Crippen LogP contribution in [0.2, 0.25) is 0 Å². The topological polar surface area (TPSA) is 125 Å². The van der Waals surface area contributed by atoms with E-state index in [2.05, 4.69) is 21.3 Å². The fourth-order valence-electron chi connectivity index (χ4n) is 2.94. The maximum Gasteiger partial charge on any atom is 0.243 e. The Labute approximate surface area is 191 Å². The molecule has 0 aliphatic rings. The van der Waals surface area contributed by atoms with Gasteiger partial charge in [-0.15, -0.1) is 0 Å². The van der Waals surface area contributed by atoms with Crippen LogP contribution in [-0.4, -0.2) is 56.5 Å². The molecule has 2 unspecified atom stereocenters. The van der Waals surface area contributed by atoms with Gasteiger partial charge in [-0.25, -0.2) is 0 Å². The summed E-state index contributed by atoms with van der Waals surface area (Å²) in [5, 5.41) is 11.2. The van der Waals surface area contributed by atoms with E-state index in [1.54, 1.807) is 7.05 Å². The molecule has 0 fully saturated rings. The second kappa shape index (κ2) is 21.6. The number of amides is 3. The molecule has 0 rings (SSSR count). The van der Waals surface area contributed by atoms with Crippen LogP contribution in [0.1, 0.15) is 81.1 Å². The second-order valence-electron chi connectivity index (χ2n) is 7.66. The van der Waals surface area contributed by atoms with E-state index in [1.165, 1.54) is 7.05 Å². The van der Waals surface area contributed by atoms with Crippen LogP contribution < -0.4 is 27.0 Å². The van der Waals surface area contributed by atoms with Crippen molar-refractivity contribution in [3.8, 4) is 0 Å². The van der Waals surface area contributed by atoms with Crippen LogP contribution in [-0.2, 0) is 14.4 Å². The van der Waals surface area contributed by atoms with Crippen LogP contribution in [0.25, 0.3) is 0 Å². The van der Waals surface area contributed by atoms with Crippen molar-refractivity contribution in [1.29, 1.82) is 0 Å². The third-order valence-electron chi connectivity index (χ3n) is 4.43. The Kier molecular flexibility index (Phi) is 23.6. The van der Waals surface area contributed by atoms with Crippen LogP contribution >= 0.6 is 0 Å². The van der Waals surface area contributed by atoms with Gasteiger partial charge in [0.1, 0.15) is 12.1 Å². The first-order valence-corrected chi connectivity index (χ1v) is 11.9. The summed E-state index contributed by atoms with van der Waals surface area (Å²) in [6.45, 7) is 16.4. The molecule has 0 aliphatic heterocycles. The number of hydrogen-bond donors (Lipinski definition) is 5. The summed E-state index contributed by atoms with van der Waals surface area (Å²) < 4.78 is 0. The summed E-state index contributed by atoms with van der Waals surface area (Å²) in [6, 6.07) is -1.70. The molecule has 0 bridgehead atoms. The molecule has 0 saturated heterocycles. The van der Waals surface area contributed by atoms with Crippen molar-refractivity contribution in [3.63, 3.8) is 0 Å². The van der Waals surface area contributed by atoms with Gasteiger partial charge in [-0.3, -0.25) is 14.4 Å². The summed E-state index contributed by atoms with van der Waals surface area (Å²) >= 11 is 0. The number of nitrogens with two attached hydrogens (primary N) is 1. The molecule has 0 aromatic rings. The third-order valence-corrected chi connectivity index (χ3v) is 4.43. The molecule has 8 nitrogen and oxygen atoms in total. The minimum Gasteiger partial charge on any atom is -0.357 e. The monoisotopic (exact) mass is 445 g/mol. The van der Waals surface area contributed by atoms with Crippen molar-refractivity contribution in [2.24, 2.45) is 17.6 Å². The van der Waals surface area contributed by atoms with E-state index in [4.69, 9.17) is 5.73 Å². The van der Waals surface area contributed by atoms with Gasteiger partial charge in [0, 0.05) is 7.05 Å². The highest BCUT2D eigenvalue weighted by Crippen LogP contribution is 2.09. The number of carbonyl (C=O) groups is 3. The van der Waals surface area contributed by atoms with Gasteiger partial charge < -0.3 is 27.0 Å². The van der Waals surface area contributed by atoms with Crippen molar-refractivity contribution in [2.45, 2.75) is 99.2 Å². The van der Waals surface area contributed by atoms with Gasteiger partial charge >= 0.3 is 0 Å². The molecule has 0 aromatic carbocycles. The Morgan fingerprint density at radius 3 is 1.68 bits per heavy atom. The zero-order chi connectivity index (χ0) is 25.0. The molecule has 31 heavy (non-hydrogen) atoms. The first-order chi connectivity index (χ1) is 14.7. The highest BCUT2D eigenvalue weighted by atomic mass is 16.2. The van der Waals surface area contributed by atoms with Crippen molar-refractivity contribution in [1.82, 2.24) is 21.3 Å². The zero-order valence-corrected chi connectivity index (χ0v) is 21.7. The molecule has 0 radical (unpaired) electrons. The largest absolute Gasteiger partial charge is 0.357 e. The fourth-order valence-corrected chi connectivity index (χ4v) is 2.94. The number of carbonyl (C=O) groups excluding carboxylic acids is 3. The van der Waals surface area contributed by atoms with Crippen molar-refractivity contribution >= 4 is 17.7 Å². The van der Waals surface area contributed by atoms with Crippen molar-refractivity contribution in [2.75, 3.05) is 20.6 Å². The number of nitrogens with one attached hydrogen (secondary N) is 4. The lowest BCUT2D eigenvalue weighted by atomic mass is 9.99. The molecule has 186 valence electrons. The number of unbranched alkanes of at least 4 members (excludes halogenated alkanes) is 1. The summed E-state index contributed by atoms with van der Waals surface area (Å²) in [7, 11) is 3.26. The second-order valence-corrected chi connectivity index (χ2v) is 7.66. The zero-order valence-electron chi connectivity index (χ0n) is 21.7. The SMILES string of the molecule is CC.CC.CNC(=O)C(CCCCN)NC(=O)[C@H](CC(C)C)NC(=O)C(NC)C(C)C. The maximum atomic E-state index is 12.8. The van der Waals surface area contributed by atoms with Crippen LogP contribution in [0.3, 0.4) is 0 Å². The first-order valence-electron chi connectivity index (χ1n) is 11.9. The van der Waals surface area contributed by atoms with Gasteiger partial charge in [0.25, 0.3) is 0 Å². The normalized spacial score (nSPS) is 13.1. The van der Waals surface area contributed by atoms with E-state index in [9.17, 15) is 14.4 Å². The summed E-state index contributed by atoms with van der Waals surface area (Å²) in [6.07, 6.45) is 2.53. The predicted molar refractivity (Wildman–Crippen MR) is 131 cm³/mol. The maximum absolute atomic E-state index is 12.8. The van der Waals surface area contributed by atoms with Crippen LogP contribution in [0.4, 0.5) is 0 Å². The minimum absolute atomic E-state index is 0.0904. The molecular formula is C23H51N5O3. The molecule has 3 atom stereocenters. The van der Waals surface area contributed by atoms with Crippen LogP contribution in [0.15, 0.2) is 0 Å². The Hall–Kier alpha value is -1.67. The smallest absolute Gasteiger partial charge is 0.243 e. The van der Waals surface area contributed by atoms with Crippen LogP contribution in [0.5, 0.6) is 0 Å². The first kappa shape index (κ1) is 34.0. The van der Waals surface area contributed by atoms with E-state index in [1.807, 2.05) is 55.4 Å². The van der Waals surface area contributed by atoms with Gasteiger partial charge in [-0.05, 0) is 51.1 Å². The lowest BCUT2D eigenvalue weighted by Crippen LogP contribution is -2.56. The average molecular weight is 446 g/mol. The third kappa shape index (κ3) is 15.7. The van der Waals surface area contributed by atoms with E-state index < -0.39 is 12.1 Å². The number of likely N-dealkylation sites (N-methyl/N-ethyl adjacent to an activating group) is 2. The lowest BCUT2D eigenvalue weighted by molar-refractivity contribution is -0.133.